The molecule has 5 nitrogen and oxygen atoms in total. The second-order valence-corrected chi connectivity index (χ2v) is 5.73. The molecule has 5 heteroatoms. The molecule has 1 atom stereocenters. The van der Waals surface area contributed by atoms with E-state index in [1.165, 1.54) is 0 Å². The van der Waals surface area contributed by atoms with Crippen LogP contribution in [0.3, 0.4) is 0 Å². The summed E-state index contributed by atoms with van der Waals surface area (Å²) in [4.78, 5) is 16.4. The van der Waals surface area contributed by atoms with Crippen LogP contribution in [0.15, 0.2) is 18.3 Å². The van der Waals surface area contributed by atoms with E-state index in [1.54, 1.807) is 12.3 Å². The van der Waals surface area contributed by atoms with Crippen molar-refractivity contribution in [2.24, 2.45) is 0 Å². The first kappa shape index (κ1) is 14.8. The van der Waals surface area contributed by atoms with Gasteiger partial charge in [0.15, 0.2) is 0 Å². The van der Waals surface area contributed by atoms with Gasteiger partial charge in [-0.1, -0.05) is 0 Å². The van der Waals surface area contributed by atoms with Crippen molar-refractivity contribution in [3.8, 4) is 0 Å². The number of nitrogens with zero attached hydrogens (tertiary/aromatic N) is 1. The molecule has 1 saturated heterocycles. The molecular weight excluding hydrogens is 254 g/mol. The monoisotopic (exact) mass is 277 g/mol. The van der Waals surface area contributed by atoms with Crippen molar-refractivity contribution >= 4 is 11.6 Å². The summed E-state index contributed by atoms with van der Waals surface area (Å²) < 4.78 is 5.66. The third kappa shape index (κ3) is 3.93. The van der Waals surface area contributed by atoms with Crippen LogP contribution in [0.4, 0.5) is 5.69 Å². The highest BCUT2D eigenvalue weighted by Gasteiger charge is 2.29. The number of aromatic nitrogens is 1. The molecule has 2 N–H and O–H groups in total. The molecule has 110 valence electrons. The highest BCUT2D eigenvalue weighted by molar-refractivity contribution is 5.93. The zero-order valence-corrected chi connectivity index (χ0v) is 12.4. The summed E-state index contributed by atoms with van der Waals surface area (Å²) in [6.07, 6.45) is 3.33. The number of pyridine rings is 1. The minimum Gasteiger partial charge on any atom is -0.385 e. The van der Waals surface area contributed by atoms with E-state index in [4.69, 9.17) is 4.74 Å². The molecular formula is C15H23N3O2. The Balaban J connectivity index is 1.99. The van der Waals surface area contributed by atoms with E-state index in [1.807, 2.05) is 13.0 Å². The lowest BCUT2D eigenvalue weighted by atomic mass is 9.94. The summed E-state index contributed by atoms with van der Waals surface area (Å²) in [5.41, 5.74) is 1.20. The van der Waals surface area contributed by atoms with Crippen molar-refractivity contribution in [1.82, 2.24) is 10.3 Å². The van der Waals surface area contributed by atoms with Crippen LogP contribution < -0.4 is 10.6 Å². The van der Waals surface area contributed by atoms with Gasteiger partial charge in [-0.15, -0.1) is 0 Å². The second-order valence-electron chi connectivity index (χ2n) is 5.73. The number of hydrogen-bond acceptors (Lipinski definition) is 4. The summed E-state index contributed by atoms with van der Waals surface area (Å²) in [6, 6.07) is 3.79. The normalized spacial score (nSPS) is 21.2. The fourth-order valence-corrected chi connectivity index (χ4v) is 2.48. The molecule has 0 bridgehead atoms. The molecule has 2 heterocycles. The van der Waals surface area contributed by atoms with Crippen LogP contribution in [0.5, 0.6) is 0 Å². The minimum absolute atomic E-state index is 0.118. The number of anilines is 1. The number of rotatable bonds is 4. The molecule has 1 unspecified atom stereocenters. The Morgan fingerprint density at radius 1 is 1.55 bits per heavy atom. The van der Waals surface area contributed by atoms with Crippen molar-refractivity contribution < 1.29 is 9.53 Å². The zero-order chi connectivity index (χ0) is 14.6. The van der Waals surface area contributed by atoms with Gasteiger partial charge in [0.05, 0.1) is 5.60 Å². The van der Waals surface area contributed by atoms with Crippen molar-refractivity contribution in [3.05, 3.63) is 24.0 Å². The molecule has 0 radical (unpaired) electrons. The van der Waals surface area contributed by atoms with Crippen LogP contribution in [0.25, 0.3) is 0 Å². The van der Waals surface area contributed by atoms with Crippen molar-refractivity contribution in [2.75, 3.05) is 18.5 Å². The molecule has 0 saturated carbocycles. The number of carbonyl (C=O) groups is 1. The summed E-state index contributed by atoms with van der Waals surface area (Å²) in [7, 11) is 0. The lowest BCUT2D eigenvalue weighted by molar-refractivity contribution is -0.0615. The van der Waals surface area contributed by atoms with E-state index < -0.39 is 0 Å². The summed E-state index contributed by atoms with van der Waals surface area (Å²) in [6.45, 7) is 7.62. The Labute approximate surface area is 120 Å². The first-order chi connectivity index (χ1) is 9.50. The predicted molar refractivity (Wildman–Crippen MR) is 78.9 cm³/mol. The molecule has 1 aliphatic heterocycles. The number of carbonyl (C=O) groups excluding carboxylic acids is 1. The summed E-state index contributed by atoms with van der Waals surface area (Å²) >= 11 is 0. The summed E-state index contributed by atoms with van der Waals surface area (Å²) in [5.74, 6) is -0.118. The van der Waals surface area contributed by atoms with Gasteiger partial charge in [0.25, 0.3) is 5.91 Å². The molecule has 0 aliphatic carbocycles. The van der Waals surface area contributed by atoms with E-state index in [-0.39, 0.29) is 17.6 Å². The Morgan fingerprint density at radius 2 is 2.35 bits per heavy atom. The molecule has 1 aromatic heterocycles. The van der Waals surface area contributed by atoms with Crippen LogP contribution in [-0.4, -0.2) is 35.7 Å². The van der Waals surface area contributed by atoms with Gasteiger partial charge in [0.1, 0.15) is 5.69 Å². The Bertz CT molecular complexity index is 474. The van der Waals surface area contributed by atoms with Crippen molar-refractivity contribution in [2.45, 2.75) is 45.3 Å². The van der Waals surface area contributed by atoms with Crippen LogP contribution >= 0.6 is 0 Å². The standard InChI is InChI=1S/C15H23N3O2/c1-4-16-11-5-7-17-13(9-11)14(19)18-12-6-8-20-15(2,3)10-12/h5,7,9,12H,4,6,8,10H2,1-3H3,(H,16,17)(H,18,19). The maximum atomic E-state index is 12.2. The maximum Gasteiger partial charge on any atom is 0.270 e. The van der Waals surface area contributed by atoms with Crippen LogP contribution in [0, 0.1) is 0 Å². The predicted octanol–water partition coefficient (Wildman–Crippen LogP) is 2.20. The van der Waals surface area contributed by atoms with Gasteiger partial charge in [0, 0.05) is 31.1 Å². The van der Waals surface area contributed by atoms with Crippen LogP contribution in [-0.2, 0) is 4.74 Å². The first-order valence-corrected chi connectivity index (χ1v) is 7.15. The van der Waals surface area contributed by atoms with Gasteiger partial charge in [0.2, 0.25) is 0 Å². The van der Waals surface area contributed by atoms with Crippen molar-refractivity contribution in [3.63, 3.8) is 0 Å². The van der Waals surface area contributed by atoms with E-state index in [2.05, 4.69) is 29.5 Å². The van der Waals surface area contributed by atoms with Gasteiger partial charge in [-0.2, -0.15) is 0 Å². The smallest absolute Gasteiger partial charge is 0.270 e. The molecule has 0 aromatic carbocycles. The molecule has 0 spiro atoms. The van der Waals surface area contributed by atoms with E-state index in [0.29, 0.717) is 12.3 Å². The van der Waals surface area contributed by atoms with Crippen LogP contribution in [0.2, 0.25) is 0 Å². The topological polar surface area (TPSA) is 63.2 Å². The van der Waals surface area contributed by atoms with Gasteiger partial charge < -0.3 is 15.4 Å². The number of hydrogen-bond donors (Lipinski definition) is 2. The number of ether oxygens (including phenoxy) is 1. The average Bonchev–Trinajstić information content (AvgIpc) is 2.38. The number of nitrogens with one attached hydrogen (secondary N) is 2. The first-order valence-electron chi connectivity index (χ1n) is 7.15. The van der Waals surface area contributed by atoms with Gasteiger partial charge in [-0.05, 0) is 45.7 Å². The number of amides is 1. The highest BCUT2D eigenvalue weighted by Crippen LogP contribution is 2.24. The fraction of sp³-hybridized carbons (Fsp3) is 0.600. The Morgan fingerprint density at radius 3 is 3.05 bits per heavy atom. The van der Waals surface area contributed by atoms with E-state index in [9.17, 15) is 4.79 Å². The molecule has 1 aliphatic rings. The van der Waals surface area contributed by atoms with E-state index >= 15 is 0 Å². The Kier molecular flexibility index (Phi) is 4.60. The largest absolute Gasteiger partial charge is 0.385 e. The van der Waals surface area contributed by atoms with Gasteiger partial charge in [-0.25, -0.2) is 0 Å². The minimum atomic E-state index is -0.171. The van der Waals surface area contributed by atoms with Gasteiger partial charge >= 0.3 is 0 Å². The maximum absolute atomic E-state index is 12.2. The van der Waals surface area contributed by atoms with Gasteiger partial charge in [-0.3, -0.25) is 9.78 Å². The lowest BCUT2D eigenvalue weighted by Crippen LogP contribution is -2.46. The third-order valence-electron chi connectivity index (χ3n) is 3.41. The quantitative estimate of drug-likeness (QED) is 0.885. The van der Waals surface area contributed by atoms with E-state index in [0.717, 1.165) is 25.1 Å². The molecule has 1 amide bonds. The highest BCUT2D eigenvalue weighted by atomic mass is 16.5. The second kappa shape index (κ2) is 6.22. The molecule has 1 fully saturated rings. The molecule has 2 rings (SSSR count). The van der Waals surface area contributed by atoms with Crippen molar-refractivity contribution in [1.29, 1.82) is 0 Å². The average molecular weight is 277 g/mol. The third-order valence-corrected chi connectivity index (χ3v) is 3.41. The summed E-state index contributed by atoms with van der Waals surface area (Å²) in [5, 5.41) is 6.23. The molecule has 20 heavy (non-hydrogen) atoms. The zero-order valence-electron chi connectivity index (χ0n) is 12.4. The SMILES string of the molecule is CCNc1ccnc(C(=O)NC2CCOC(C)(C)C2)c1. The van der Waals surface area contributed by atoms with Crippen LogP contribution in [0.1, 0.15) is 44.1 Å². The molecule has 1 aromatic rings. The lowest BCUT2D eigenvalue weighted by Gasteiger charge is -2.35. The fourth-order valence-electron chi connectivity index (χ4n) is 2.48. The Hall–Kier alpha value is -1.62.